The SMILES string of the molecule is Cc1ccc(CC(O)c2cc(Br)ccc2N)cc1C. The number of aliphatic hydroxyl groups is 1. The molecule has 2 nitrogen and oxygen atoms in total. The Kier molecular flexibility index (Phi) is 4.27. The maximum Gasteiger partial charge on any atom is 0.0850 e. The van der Waals surface area contributed by atoms with Gasteiger partial charge in [-0.2, -0.15) is 0 Å². The number of hydrogen-bond donors (Lipinski definition) is 2. The lowest BCUT2D eigenvalue weighted by atomic mass is 9.97. The van der Waals surface area contributed by atoms with Crippen LogP contribution in [0.4, 0.5) is 5.69 Å². The highest BCUT2D eigenvalue weighted by atomic mass is 79.9. The Hall–Kier alpha value is -1.32. The van der Waals surface area contributed by atoms with E-state index in [1.807, 2.05) is 18.2 Å². The van der Waals surface area contributed by atoms with Crippen LogP contribution in [-0.4, -0.2) is 5.11 Å². The van der Waals surface area contributed by atoms with Gasteiger partial charge in [0.2, 0.25) is 0 Å². The van der Waals surface area contributed by atoms with Crippen LogP contribution in [0.2, 0.25) is 0 Å². The van der Waals surface area contributed by atoms with Crippen molar-refractivity contribution in [3.63, 3.8) is 0 Å². The van der Waals surface area contributed by atoms with Gasteiger partial charge in [-0.3, -0.25) is 0 Å². The topological polar surface area (TPSA) is 46.2 Å². The van der Waals surface area contributed by atoms with Crippen molar-refractivity contribution in [1.82, 2.24) is 0 Å². The molecule has 2 aromatic carbocycles. The van der Waals surface area contributed by atoms with Gasteiger partial charge in [0.15, 0.2) is 0 Å². The molecule has 0 aliphatic heterocycles. The van der Waals surface area contributed by atoms with Gasteiger partial charge in [0.25, 0.3) is 0 Å². The fourth-order valence-electron chi connectivity index (χ4n) is 2.10. The summed E-state index contributed by atoms with van der Waals surface area (Å²) in [6.07, 6.45) is -0.0125. The molecular formula is C16H18BrNO. The smallest absolute Gasteiger partial charge is 0.0850 e. The van der Waals surface area contributed by atoms with Gasteiger partial charge in [-0.1, -0.05) is 34.1 Å². The van der Waals surface area contributed by atoms with Crippen molar-refractivity contribution in [3.8, 4) is 0 Å². The van der Waals surface area contributed by atoms with E-state index in [0.29, 0.717) is 12.1 Å². The number of aliphatic hydroxyl groups excluding tert-OH is 1. The van der Waals surface area contributed by atoms with Crippen molar-refractivity contribution < 1.29 is 5.11 Å². The highest BCUT2D eigenvalue weighted by molar-refractivity contribution is 9.10. The number of anilines is 1. The summed E-state index contributed by atoms with van der Waals surface area (Å²) >= 11 is 3.40. The molecule has 0 heterocycles. The zero-order valence-corrected chi connectivity index (χ0v) is 12.7. The third kappa shape index (κ3) is 3.37. The number of halogens is 1. The summed E-state index contributed by atoms with van der Waals surface area (Å²) < 4.78 is 0.927. The maximum atomic E-state index is 10.3. The third-order valence-corrected chi connectivity index (χ3v) is 3.90. The summed E-state index contributed by atoms with van der Waals surface area (Å²) in [5, 5.41) is 10.3. The van der Waals surface area contributed by atoms with Gasteiger partial charge in [0.05, 0.1) is 6.10 Å². The number of nitrogens with two attached hydrogens (primary N) is 1. The predicted octanol–water partition coefficient (Wildman–Crippen LogP) is 3.92. The van der Waals surface area contributed by atoms with E-state index in [1.165, 1.54) is 11.1 Å². The van der Waals surface area contributed by atoms with Crippen molar-refractivity contribution in [3.05, 3.63) is 63.1 Å². The Bertz CT molecular complexity index is 595. The molecule has 1 unspecified atom stereocenters. The Morgan fingerprint density at radius 3 is 2.53 bits per heavy atom. The Balaban J connectivity index is 2.22. The average molecular weight is 320 g/mol. The van der Waals surface area contributed by atoms with Crippen LogP contribution < -0.4 is 5.73 Å². The van der Waals surface area contributed by atoms with Crippen molar-refractivity contribution in [2.75, 3.05) is 5.73 Å². The summed E-state index contributed by atoms with van der Waals surface area (Å²) in [7, 11) is 0. The van der Waals surface area contributed by atoms with Crippen LogP contribution in [0, 0.1) is 13.8 Å². The fourth-order valence-corrected chi connectivity index (χ4v) is 2.48. The standard InChI is InChI=1S/C16H18BrNO/c1-10-3-4-12(7-11(10)2)8-16(19)14-9-13(17)5-6-15(14)18/h3-7,9,16,19H,8,18H2,1-2H3. The number of rotatable bonds is 3. The minimum atomic E-state index is -0.584. The summed E-state index contributed by atoms with van der Waals surface area (Å²) in [6.45, 7) is 4.17. The first-order valence-electron chi connectivity index (χ1n) is 6.26. The van der Waals surface area contributed by atoms with Gasteiger partial charge in [-0.15, -0.1) is 0 Å². The fraction of sp³-hybridized carbons (Fsp3) is 0.250. The van der Waals surface area contributed by atoms with Gasteiger partial charge < -0.3 is 10.8 Å². The number of aryl methyl sites for hydroxylation is 2. The zero-order valence-electron chi connectivity index (χ0n) is 11.2. The maximum absolute atomic E-state index is 10.3. The van der Waals surface area contributed by atoms with Crippen LogP contribution in [0.5, 0.6) is 0 Å². The van der Waals surface area contributed by atoms with E-state index in [0.717, 1.165) is 15.6 Å². The number of benzene rings is 2. The van der Waals surface area contributed by atoms with Crippen LogP contribution in [0.3, 0.4) is 0 Å². The van der Waals surface area contributed by atoms with Crippen LogP contribution in [-0.2, 0) is 6.42 Å². The summed E-state index contributed by atoms with van der Waals surface area (Å²) in [6, 6.07) is 11.8. The van der Waals surface area contributed by atoms with E-state index >= 15 is 0 Å². The molecule has 0 bridgehead atoms. The van der Waals surface area contributed by atoms with Crippen LogP contribution in [0.1, 0.15) is 28.4 Å². The van der Waals surface area contributed by atoms with Crippen LogP contribution in [0.15, 0.2) is 40.9 Å². The first-order valence-corrected chi connectivity index (χ1v) is 7.06. The molecule has 0 spiro atoms. The summed E-state index contributed by atoms with van der Waals surface area (Å²) in [5.74, 6) is 0. The highest BCUT2D eigenvalue weighted by Crippen LogP contribution is 2.27. The van der Waals surface area contributed by atoms with Crippen molar-refractivity contribution in [2.24, 2.45) is 0 Å². The monoisotopic (exact) mass is 319 g/mol. The van der Waals surface area contributed by atoms with Gasteiger partial charge in [0, 0.05) is 22.1 Å². The van der Waals surface area contributed by atoms with Gasteiger partial charge >= 0.3 is 0 Å². The molecule has 3 heteroatoms. The predicted molar refractivity (Wildman–Crippen MR) is 83.1 cm³/mol. The van der Waals surface area contributed by atoms with Gasteiger partial charge in [0.1, 0.15) is 0 Å². The van der Waals surface area contributed by atoms with Gasteiger partial charge in [-0.25, -0.2) is 0 Å². The van der Waals surface area contributed by atoms with E-state index in [-0.39, 0.29) is 0 Å². The lowest BCUT2D eigenvalue weighted by Crippen LogP contribution is -2.05. The van der Waals surface area contributed by atoms with E-state index in [9.17, 15) is 5.11 Å². The molecule has 2 rings (SSSR count). The molecule has 0 aliphatic carbocycles. The Morgan fingerprint density at radius 2 is 1.84 bits per heavy atom. The Morgan fingerprint density at radius 1 is 1.11 bits per heavy atom. The molecule has 0 aliphatic rings. The molecule has 100 valence electrons. The first kappa shape index (κ1) is 14.1. The van der Waals surface area contributed by atoms with Crippen LogP contribution in [0.25, 0.3) is 0 Å². The molecule has 0 radical (unpaired) electrons. The third-order valence-electron chi connectivity index (χ3n) is 3.41. The molecule has 1 atom stereocenters. The normalized spacial score (nSPS) is 12.4. The van der Waals surface area contributed by atoms with Crippen molar-refractivity contribution >= 4 is 21.6 Å². The minimum Gasteiger partial charge on any atom is -0.398 e. The lowest BCUT2D eigenvalue weighted by Gasteiger charge is -2.15. The molecule has 19 heavy (non-hydrogen) atoms. The molecule has 0 saturated heterocycles. The number of hydrogen-bond acceptors (Lipinski definition) is 2. The highest BCUT2D eigenvalue weighted by Gasteiger charge is 2.12. The zero-order chi connectivity index (χ0) is 14.0. The van der Waals surface area contributed by atoms with E-state index < -0.39 is 6.10 Å². The lowest BCUT2D eigenvalue weighted by molar-refractivity contribution is 0.179. The molecule has 0 aromatic heterocycles. The Labute approximate surface area is 122 Å². The summed E-state index contributed by atoms with van der Waals surface area (Å²) in [4.78, 5) is 0. The largest absolute Gasteiger partial charge is 0.398 e. The van der Waals surface area contributed by atoms with E-state index in [2.05, 4.69) is 48.0 Å². The van der Waals surface area contributed by atoms with Crippen molar-refractivity contribution in [2.45, 2.75) is 26.4 Å². The quantitative estimate of drug-likeness (QED) is 0.842. The second-order valence-corrected chi connectivity index (χ2v) is 5.83. The van der Waals surface area contributed by atoms with E-state index in [4.69, 9.17) is 5.73 Å². The van der Waals surface area contributed by atoms with Crippen LogP contribution >= 0.6 is 15.9 Å². The molecule has 0 saturated carbocycles. The van der Waals surface area contributed by atoms with E-state index in [1.54, 1.807) is 0 Å². The second-order valence-electron chi connectivity index (χ2n) is 4.91. The molecular weight excluding hydrogens is 302 g/mol. The van der Waals surface area contributed by atoms with Crippen molar-refractivity contribution in [1.29, 1.82) is 0 Å². The summed E-state index contributed by atoms with van der Waals surface area (Å²) in [5.41, 5.74) is 10.9. The average Bonchev–Trinajstić information content (AvgIpc) is 2.36. The van der Waals surface area contributed by atoms with Gasteiger partial charge in [-0.05, 0) is 48.7 Å². The minimum absolute atomic E-state index is 0.571. The molecule has 0 fully saturated rings. The molecule has 0 amide bonds. The molecule has 2 aromatic rings. The second kappa shape index (κ2) is 5.76. The molecule has 3 N–H and O–H groups in total. The number of nitrogen functional groups attached to an aromatic ring is 1. The first-order chi connectivity index (χ1) is 8.97.